The molecular weight excluding hydrogens is 306 g/mol. The molecule has 1 saturated carbocycles. The third kappa shape index (κ3) is 2.91. The molecule has 2 fully saturated rings. The Balaban J connectivity index is 1.48. The highest BCUT2D eigenvalue weighted by Gasteiger charge is 2.34. The van der Waals surface area contributed by atoms with Gasteiger partial charge >= 0.3 is 0 Å². The standard InChI is InChI=1S/C17H21N5O2/c1-9-12(5-6-13(18-9)11-3-4-11)17(23)20-14-7-8-24-15(14)16-19-10(2)21-22-16/h5-6,11,14-15H,3-4,7-8H2,1-2H3,(H,20,23)(H,19,21,22)/t14-,15+/m0/s1. The predicted molar refractivity (Wildman–Crippen MR) is 86.6 cm³/mol. The molecule has 7 heteroatoms. The van der Waals surface area contributed by atoms with Gasteiger partial charge in [0.1, 0.15) is 11.9 Å². The zero-order chi connectivity index (χ0) is 16.7. The van der Waals surface area contributed by atoms with Crippen LogP contribution in [-0.4, -0.2) is 38.7 Å². The molecule has 1 amide bonds. The van der Waals surface area contributed by atoms with E-state index in [-0.39, 0.29) is 18.1 Å². The lowest BCUT2D eigenvalue weighted by atomic mass is 10.1. The van der Waals surface area contributed by atoms with Gasteiger partial charge in [-0.25, -0.2) is 4.98 Å². The third-order valence-corrected chi connectivity index (χ3v) is 4.62. The molecule has 2 aromatic rings. The monoisotopic (exact) mass is 327 g/mol. The Labute approximate surface area is 140 Å². The van der Waals surface area contributed by atoms with Crippen molar-refractivity contribution in [3.8, 4) is 0 Å². The van der Waals surface area contributed by atoms with Crippen LogP contribution < -0.4 is 5.32 Å². The average Bonchev–Trinajstić information content (AvgIpc) is 3.17. The summed E-state index contributed by atoms with van der Waals surface area (Å²) in [4.78, 5) is 21.6. The van der Waals surface area contributed by atoms with Crippen molar-refractivity contribution < 1.29 is 9.53 Å². The Kier molecular flexibility index (Phi) is 3.80. The molecule has 0 unspecified atom stereocenters. The fourth-order valence-corrected chi connectivity index (χ4v) is 3.15. The maximum absolute atomic E-state index is 12.6. The number of aromatic amines is 1. The molecule has 126 valence electrons. The summed E-state index contributed by atoms with van der Waals surface area (Å²) in [5.74, 6) is 1.80. The molecule has 2 N–H and O–H groups in total. The van der Waals surface area contributed by atoms with Crippen molar-refractivity contribution in [2.24, 2.45) is 0 Å². The van der Waals surface area contributed by atoms with Crippen molar-refractivity contribution in [3.05, 3.63) is 40.7 Å². The Morgan fingerprint density at radius 3 is 2.75 bits per heavy atom. The second kappa shape index (κ2) is 5.98. The van der Waals surface area contributed by atoms with E-state index in [1.54, 1.807) is 0 Å². The molecule has 1 aliphatic carbocycles. The molecule has 1 aliphatic heterocycles. The molecule has 2 aliphatic rings. The van der Waals surface area contributed by atoms with Crippen LogP contribution >= 0.6 is 0 Å². The summed E-state index contributed by atoms with van der Waals surface area (Å²) in [7, 11) is 0. The lowest BCUT2D eigenvalue weighted by molar-refractivity contribution is 0.0791. The minimum atomic E-state index is -0.307. The van der Waals surface area contributed by atoms with Crippen LogP contribution in [0.2, 0.25) is 0 Å². The third-order valence-electron chi connectivity index (χ3n) is 4.62. The summed E-state index contributed by atoms with van der Waals surface area (Å²) < 4.78 is 5.72. The number of nitrogens with one attached hydrogen (secondary N) is 2. The summed E-state index contributed by atoms with van der Waals surface area (Å²) in [5.41, 5.74) is 2.50. The van der Waals surface area contributed by atoms with E-state index in [1.807, 2.05) is 26.0 Å². The Morgan fingerprint density at radius 2 is 2.08 bits per heavy atom. The number of nitrogens with zero attached hydrogens (tertiary/aromatic N) is 3. The minimum absolute atomic E-state index is 0.116. The predicted octanol–water partition coefficient (Wildman–Crippen LogP) is 1.95. The number of rotatable bonds is 4. The van der Waals surface area contributed by atoms with Crippen LogP contribution in [0.25, 0.3) is 0 Å². The summed E-state index contributed by atoms with van der Waals surface area (Å²) in [5, 5.41) is 10.0. The van der Waals surface area contributed by atoms with E-state index in [1.165, 1.54) is 12.8 Å². The van der Waals surface area contributed by atoms with Crippen molar-refractivity contribution in [2.45, 2.75) is 51.2 Å². The van der Waals surface area contributed by atoms with Crippen LogP contribution in [0.15, 0.2) is 12.1 Å². The van der Waals surface area contributed by atoms with E-state index in [2.05, 4.69) is 25.5 Å². The van der Waals surface area contributed by atoms with Crippen LogP contribution in [0, 0.1) is 13.8 Å². The molecule has 0 bridgehead atoms. The van der Waals surface area contributed by atoms with Gasteiger partial charge in [0.05, 0.1) is 17.3 Å². The lowest BCUT2D eigenvalue weighted by Crippen LogP contribution is -2.37. The maximum atomic E-state index is 12.6. The summed E-state index contributed by atoms with van der Waals surface area (Å²) >= 11 is 0. The fourth-order valence-electron chi connectivity index (χ4n) is 3.15. The highest BCUT2D eigenvalue weighted by Crippen LogP contribution is 2.39. The van der Waals surface area contributed by atoms with Crippen LogP contribution in [0.4, 0.5) is 0 Å². The first-order chi connectivity index (χ1) is 11.6. The maximum Gasteiger partial charge on any atom is 0.253 e. The van der Waals surface area contributed by atoms with E-state index >= 15 is 0 Å². The molecule has 2 aromatic heterocycles. The number of amides is 1. The fraction of sp³-hybridized carbons (Fsp3) is 0.529. The molecule has 1 saturated heterocycles. The van der Waals surface area contributed by atoms with E-state index in [4.69, 9.17) is 4.74 Å². The van der Waals surface area contributed by atoms with Crippen molar-refractivity contribution in [1.29, 1.82) is 0 Å². The van der Waals surface area contributed by atoms with Gasteiger partial charge < -0.3 is 10.1 Å². The topological polar surface area (TPSA) is 92.8 Å². The number of aromatic nitrogens is 4. The van der Waals surface area contributed by atoms with E-state index < -0.39 is 0 Å². The number of hydrogen-bond acceptors (Lipinski definition) is 5. The molecule has 0 radical (unpaired) electrons. The lowest BCUT2D eigenvalue weighted by Gasteiger charge is -2.18. The summed E-state index contributed by atoms with van der Waals surface area (Å²) in [6.07, 6.45) is 2.85. The zero-order valence-corrected chi connectivity index (χ0v) is 13.9. The minimum Gasteiger partial charge on any atom is -0.368 e. The number of H-pyrrole nitrogens is 1. The molecular formula is C17H21N5O2. The van der Waals surface area contributed by atoms with Gasteiger partial charge in [0.25, 0.3) is 5.91 Å². The van der Waals surface area contributed by atoms with Gasteiger partial charge in [-0.15, -0.1) is 0 Å². The largest absolute Gasteiger partial charge is 0.368 e. The molecule has 2 atom stereocenters. The zero-order valence-electron chi connectivity index (χ0n) is 13.9. The number of hydrogen-bond donors (Lipinski definition) is 2. The smallest absolute Gasteiger partial charge is 0.253 e. The molecule has 3 heterocycles. The first kappa shape index (κ1) is 15.3. The number of carbonyl (C=O) groups is 1. The van der Waals surface area contributed by atoms with Crippen molar-refractivity contribution >= 4 is 5.91 Å². The number of aryl methyl sites for hydroxylation is 2. The Morgan fingerprint density at radius 1 is 1.25 bits per heavy atom. The van der Waals surface area contributed by atoms with Gasteiger partial charge in [-0.05, 0) is 45.2 Å². The van der Waals surface area contributed by atoms with E-state index in [0.717, 1.165) is 23.6 Å². The Bertz CT molecular complexity index is 768. The Hall–Kier alpha value is -2.28. The molecule has 24 heavy (non-hydrogen) atoms. The summed E-state index contributed by atoms with van der Waals surface area (Å²) in [6.45, 7) is 4.32. The molecule has 0 aromatic carbocycles. The second-order valence-electron chi connectivity index (χ2n) is 6.58. The first-order valence-electron chi connectivity index (χ1n) is 8.40. The highest BCUT2D eigenvalue weighted by molar-refractivity contribution is 5.95. The summed E-state index contributed by atoms with van der Waals surface area (Å²) in [6, 6.07) is 3.73. The van der Waals surface area contributed by atoms with Crippen LogP contribution in [0.5, 0.6) is 0 Å². The van der Waals surface area contributed by atoms with Gasteiger partial charge in [-0.1, -0.05) is 0 Å². The SMILES string of the molecule is Cc1nc([C@@H]2OCC[C@@H]2NC(=O)c2ccc(C3CC3)nc2C)n[nH]1. The van der Waals surface area contributed by atoms with Crippen LogP contribution in [-0.2, 0) is 4.74 Å². The number of pyridine rings is 1. The van der Waals surface area contributed by atoms with Gasteiger partial charge in [0.2, 0.25) is 0 Å². The van der Waals surface area contributed by atoms with Crippen molar-refractivity contribution in [1.82, 2.24) is 25.5 Å². The van der Waals surface area contributed by atoms with E-state index in [0.29, 0.717) is 23.9 Å². The normalized spacial score (nSPS) is 23.4. The second-order valence-corrected chi connectivity index (χ2v) is 6.58. The average molecular weight is 327 g/mol. The van der Waals surface area contributed by atoms with Crippen molar-refractivity contribution in [3.63, 3.8) is 0 Å². The molecule has 4 rings (SSSR count). The van der Waals surface area contributed by atoms with Gasteiger partial charge in [-0.2, -0.15) is 5.10 Å². The van der Waals surface area contributed by atoms with Gasteiger partial charge in [0.15, 0.2) is 5.82 Å². The van der Waals surface area contributed by atoms with Gasteiger partial charge in [-0.3, -0.25) is 14.9 Å². The van der Waals surface area contributed by atoms with Crippen molar-refractivity contribution in [2.75, 3.05) is 6.61 Å². The first-order valence-corrected chi connectivity index (χ1v) is 8.40. The van der Waals surface area contributed by atoms with Crippen LogP contribution in [0.3, 0.4) is 0 Å². The van der Waals surface area contributed by atoms with Crippen LogP contribution in [0.1, 0.15) is 64.7 Å². The molecule has 7 nitrogen and oxygen atoms in total. The quantitative estimate of drug-likeness (QED) is 0.895. The highest BCUT2D eigenvalue weighted by atomic mass is 16.5. The number of carbonyl (C=O) groups excluding carboxylic acids is 1. The molecule has 0 spiro atoms. The van der Waals surface area contributed by atoms with Gasteiger partial charge in [0, 0.05) is 18.2 Å². The number of ether oxygens (including phenoxy) is 1. The van der Waals surface area contributed by atoms with E-state index in [9.17, 15) is 4.79 Å².